The summed E-state index contributed by atoms with van der Waals surface area (Å²) in [5, 5.41) is 9.04. The molecule has 3 N–H and O–H groups in total. The second-order valence-electron chi connectivity index (χ2n) is 4.77. The zero-order valence-corrected chi connectivity index (χ0v) is 10.4. The SMILES string of the molecule is COc1ccc(C(N)CC(C)(C)C(=O)O)cc1. The quantitative estimate of drug-likeness (QED) is 0.823. The van der Waals surface area contributed by atoms with Gasteiger partial charge in [-0.05, 0) is 38.0 Å². The van der Waals surface area contributed by atoms with E-state index in [-0.39, 0.29) is 6.04 Å². The molecular formula is C13H19NO3. The van der Waals surface area contributed by atoms with Crippen molar-refractivity contribution in [1.82, 2.24) is 0 Å². The summed E-state index contributed by atoms with van der Waals surface area (Å²) in [5.41, 5.74) is 6.10. The zero-order chi connectivity index (χ0) is 13.1. The summed E-state index contributed by atoms with van der Waals surface area (Å²) in [5.74, 6) is -0.0695. The first-order valence-corrected chi connectivity index (χ1v) is 5.50. The van der Waals surface area contributed by atoms with Gasteiger partial charge in [-0.25, -0.2) is 0 Å². The molecule has 0 heterocycles. The van der Waals surface area contributed by atoms with Gasteiger partial charge in [0, 0.05) is 6.04 Å². The Hall–Kier alpha value is -1.55. The Labute approximate surface area is 101 Å². The van der Waals surface area contributed by atoms with Crippen molar-refractivity contribution in [3.63, 3.8) is 0 Å². The first kappa shape index (κ1) is 13.5. The first-order chi connectivity index (χ1) is 7.86. The number of hydrogen-bond donors (Lipinski definition) is 2. The van der Waals surface area contributed by atoms with E-state index in [2.05, 4.69) is 0 Å². The van der Waals surface area contributed by atoms with E-state index in [1.807, 2.05) is 24.3 Å². The lowest BCUT2D eigenvalue weighted by Gasteiger charge is -2.23. The Morgan fingerprint density at radius 2 is 1.94 bits per heavy atom. The number of aliphatic carboxylic acids is 1. The molecule has 94 valence electrons. The summed E-state index contributed by atoms with van der Waals surface area (Å²) in [6.45, 7) is 3.36. The van der Waals surface area contributed by atoms with Crippen LogP contribution in [0.5, 0.6) is 5.75 Å². The number of benzene rings is 1. The molecule has 0 aliphatic rings. The van der Waals surface area contributed by atoms with Crippen molar-refractivity contribution in [1.29, 1.82) is 0 Å². The molecule has 1 unspecified atom stereocenters. The smallest absolute Gasteiger partial charge is 0.309 e. The van der Waals surface area contributed by atoms with Gasteiger partial charge in [-0.2, -0.15) is 0 Å². The highest BCUT2D eigenvalue weighted by Crippen LogP contribution is 2.29. The van der Waals surface area contributed by atoms with E-state index >= 15 is 0 Å². The minimum atomic E-state index is -0.832. The molecule has 17 heavy (non-hydrogen) atoms. The highest BCUT2D eigenvalue weighted by Gasteiger charge is 2.29. The van der Waals surface area contributed by atoms with Crippen LogP contribution in [-0.2, 0) is 4.79 Å². The van der Waals surface area contributed by atoms with Crippen LogP contribution < -0.4 is 10.5 Å². The van der Waals surface area contributed by atoms with Crippen LogP contribution in [0.25, 0.3) is 0 Å². The van der Waals surface area contributed by atoms with Crippen molar-refractivity contribution in [2.24, 2.45) is 11.1 Å². The Morgan fingerprint density at radius 1 is 1.41 bits per heavy atom. The van der Waals surface area contributed by atoms with Crippen LogP contribution in [0.1, 0.15) is 31.9 Å². The van der Waals surface area contributed by atoms with Crippen molar-refractivity contribution >= 4 is 5.97 Å². The number of rotatable bonds is 5. The van der Waals surface area contributed by atoms with Crippen molar-refractivity contribution in [3.05, 3.63) is 29.8 Å². The van der Waals surface area contributed by atoms with Crippen LogP contribution in [-0.4, -0.2) is 18.2 Å². The summed E-state index contributed by atoms with van der Waals surface area (Å²) in [6.07, 6.45) is 0.397. The molecule has 0 spiro atoms. The average molecular weight is 237 g/mol. The van der Waals surface area contributed by atoms with Crippen molar-refractivity contribution in [2.45, 2.75) is 26.3 Å². The molecule has 0 aliphatic heterocycles. The summed E-state index contributed by atoms with van der Waals surface area (Å²) >= 11 is 0. The lowest BCUT2D eigenvalue weighted by atomic mass is 9.84. The third-order valence-corrected chi connectivity index (χ3v) is 2.85. The normalized spacial score (nSPS) is 13.2. The molecule has 4 heteroatoms. The molecule has 0 saturated carbocycles. The van der Waals surface area contributed by atoms with Crippen LogP contribution >= 0.6 is 0 Å². The molecule has 1 aromatic carbocycles. The molecule has 0 aromatic heterocycles. The molecule has 1 atom stereocenters. The number of carboxylic acid groups (broad SMARTS) is 1. The molecule has 4 nitrogen and oxygen atoms in total. The van der Waals surface area contributed by atoms with Gasteiger partial charge in [-0.15, -0.1) is 0 Å². The fraction of sp³-hybridized carbons (Fsp3) is 0.462. The predicted molar refractivity (Wildman–Crippen MR) is 66.0 cm³/mol. The molecule has 0 radical (unpaired) electrons. The first-order valence-electron chi connectivity index (χ1n) is 5.50. The maximum atomic E-state index is 11.0. The maximum absolute atomic E-state index is 11.0. The molecule has 1 rings (SSSR count). The van der Waals surface area contributed by atoms with Crippen molar-refractivity contribution < 1.29 is 14.6 Å². The topological polar surface area (TPSA) is 72.5 Å². The lowest BCUT2D eigenvalue weighted by molar-refractivity contribution is -0.147. The van der Waals surface area contributed by atoms with Gasteiger partial charge < -0.3 is 15.6 Å². The molecule has 0 aliphatic carbocycles. The minimum absolute atomic E-state index is 0.285. The summed E-state index contributed by atoms with van der Waals surface area (Å²) in [6, 6.07) is 7.08. The third-order valence-electron chi connectivity index (χ3n) is 2.85. The van der Waals surface area contributed by atoms with Gasteiger partial charge in [-0.3, -0.25) is 4.79 Å². The van der Waals surface area contributed by atoms with E-state index < -0.39 is 11.4 Å². The van der Waals surface area contributed by atoms with E-state index in [0.29, 0.717) is 6.42 Å². The standard InChI is InChI=1S/C13H19NO3/c1-13(2,12(15)16)8-11(14)9-4-6-10(17-3)7-5-9/h4-7,11H,8,14H2,1-3H3,(H,15,16). The predicted octanol–water partition coefficient (Wildman–Crippen LogP) is 2.20. The van der Waals surface area contributed by atoms with Crippen molar-refractivity contribution in [2.75, 3.05) is 7.11 Å². The Bertz CT molecular complexity index is 384. The lowest BCUT2D eigenvalue weighted by Crippen LogP contribution is -2.28. The fourth-order valence-electron chi connectivity index (χ4n) is 1.61. The largest absolute Gasteiger partial charge is 0.497 e. The fourth-order valence-corrected chi connectivity index (χ4v) is 1.61. The van der Waals surface area contributed by atoms with E-state index in [1.54, 1.807) is 21.0 Å². The molecule has 0 fully saturated rings. The number of methoxy groups -OCH3 is 1. The van der Waals surface area contributed by atoms with E-state index in [9.17, 15) is 4.79 Å². The minimum Gasteiger partial charge on any atom is -0.497 e. The average Bonchev–Trinajstić information content (AvgIpc) is 2.28. The molecular weight excluding hydrogens is 218 g/mol. The second-order valence-corrected chi connectivity index (χ2v) is 4.77. The van der Waals surface area contributed by atoms with Gasteiger partial charge in [0.25, 0.3) is 0 Å². The Balaban J connectivity index is 2.76. The zero-order valence-electron chi connectivity index (χ0n) is 10.4. The third kappa shape index (κ3) is 3.46. The van der Waals surface area contributed by atoms with Crippen LogP contribution in [0.3, 0.4) is 0 Å². The van der Waals surface area contributed by atoms with E-state index in [0.717, 1.165) is 11.3 Å². The summed E-state index contributed by atoms with van der Waals surface area (Å²) in [4.78, 5) is 11.0. The number of nitrogens with two attached hydrogens (primary N) is 1. The van der Waals surface area contributed by atoms with Crippen LogP contribution in [0.2, 0.25) is 0 Å². The molecule has 0 bridgehead atoms. The van der Waals surface area contributed by atoms with Gasteiger partial charge in [0.05, 0.1) is 12.5 Å². The second kappa shape index (κ2) is 5.19. The van der Waals surface area contributed by atoms with Gasteiger partial charge >= 0.3 is 5.97 Å². The Kier molecular flexibility index (Phi) is 4.12. The number of hydrogen-bond acceptors (Lipinski definition) is 3. The maximum Gasteiger partial charge on any atom is 0.309 e. The molecule has 0 amide bonds. The summed E-state index contributed by atoms with van der Waals surface area (Å²) < 4.78 is 5.05. The van der Waals surface area contributed by atoms with Gasteiger partial charge in [-0.1, -0.05) is 12.1 Å². The molecule has 0 saturated heterocycles. The monoisotopic (exact) mass is 237 g/mol. The van der Waals surface area contributed by atoms with Crippen LogP contribution in [0.4, 0.5) is 0 Å². The van der Waals surface area contributed by atoms with Crippen molar-refractivity contribution in [3.8, 4) is 5.75 Å². The molecule has 1 aromatic rings. The van der Waals surface area contributed by atoms with Crippen LogP contribution in [0, 0.1) is 5.41 Å². The number of ether oxygens (including phenoxy) is 1. The van der Waals surface area contributed by atoms with Gasteiger partial charge in [0.2, 0.25) is 0 Å². The highest BCUT2D eigenvalue weighted by atomic mass is 16.5. The van der Waals surface area contributed by atoms with Crippen LogP contribution in [0.15, 0.2) is 24.3 Å². The van der Waals surface area contributed by atoms with E-state index in [1.165, 1.54) is 0 Å². The van der Waals surface area contributed by atoms with Gasteiger partial charge in [0.15, 0.2) is 0 Å². The van der Waals surface area contributed by atoms with Gasteiger partial charge in [0.1, 0.15) is 5.75 Å². The summed E-state index contributed by atoms with van der Waals surface area (Å²) in [7, 11) is 1.60. The number of carboxylic acids is 1. The van der Waals surface area contributed by atoms with E-state index in [4.69, 9.17) is 15.6 Å². The Morgan fingerprint density at radius 3 is 2.35 bits per heavy atom. The highest BCUT2D eigenvalue weighted by molar-refractivity contribution is 5.73. The number of carbonyl (C=O) groups is 1.